The lowest BCUT2D eigenvalue weighted by Gasteiger charge is -1.92. The zero-order chi connectivity index (χ0) is 8.72. The topological polar surface area (TPSA) is 13.1 Å². The number of benzene rings is 1. The lowest BCUT2D eigenvalue weighted by molar-refractivity contribution is 0.580. The van der Waals surface area contributed by atoms with Crippen LogP contribution in [-0.4, -0.2) is 0 Å². The van der Waals surface area contributed by atoms with Crippen LogP contribution in [0.15, 0.2) is 27.1 Å². The maximum atomic E-state index is 13.1. The Morgan fingerprint density at radius 2 is 2.17 bits per heavy atom. The van der Waals surface area contributed by atoms with Gasteiger partial charge >= 0.3 is 0 Å². The molecule has 0 saturated heterocycles. The zero-order valence-corrected chi connectivity index (χ0v) is 9.52. The molecule has 0 saturated carbocycles. The summed E-state index contributed by atoms with van der Waals surface area (Å²) < 4.78 is 19.8. The third-order valence-corrected chi connectivity index (χ3v) is 2.71. The largest absolute Gasteiger partial charge is 0.449 e. The molecule has 0 bridgehead atoms. The fraction of sp³-hybridized carbons (Fsp3) is 0. The van der Waals surface area contributed by atoms with Gasteiger partial charge in [0.15, 0.2) is 9.35 Å². The molecule has 2 aromatic rings. The molecule has 0 aliphatic rings. The van der Waals surface area contributed by atoms with Crippen molar-refractivity contribution in [2.75, 3.05) is 0 Å². The second kappa shape index (κ2) is 2.99. The standard InChI is InChI=1S/C8H3BrFIO/c9-5-1-2-6(10)4-3-7(11)12-8(4)5/h1-3H. The van der Waals surface area contributed by atoms with Gasteiger partial charge in [-0.25, -0.2) is 4.39 Å². The molecule has 0 radical (unpaired) electrons. The number of furan rings is 1. The zero-order valence-electron chi connectivity index (χ0n) is 5.77. The van der Waals surface area contributed by atoms with Crippen molar-refractivity contribution in [3.05, 3.63) is 32.3 Å². The van der Waals surface area contributed by atoms with Crippen molar-refractivity contribution in [2.24, 2.45) is 0 Å². The highest BCUT2D eigenvalue weighted by atomic mass is 127. The van der Waals surface area contributed by atoms with E-state index < -0.39 is 0 Å². The first-order valence-electron chi connectivity index (χ1n) is 3.21. The van der Waals surface area contributed by atoms with Crippen molar-refractivity contribution >= 4 is 49.5 Å². The molecular formula is C8H3BrFIO. The van der Waals surface area contributed by atoms with Crippen LogP contribution >= 0.6 is 38.5 Å². The summed E-state index contributed by atoms with van der Waals surface area (Å²) in [5.74, 6) is -0.250. The van der Waals surface area contributed by atoms with Crippen LogP contribution in [0, 0.1) is 9.58 Å². The first-order valence-corrected chi connectivity index (χ1v) is 5.08. The van der Waals surface area contributed by atoms with Crippen LogP contribution in [0.4, 0.5) is 4.39 Å². The predicted octanol–water partition coefficient (Wildman–Crippen LogP) is 3.94. The number of hydrogen-bond donors (Lipinski definition) is 0. The average molecular weight is 341 g/mol. The normalized spacial score (nSPS) is 10.9. The molecule has 0 unspecified atom stereocenters. The second-order valence-electron chi connectivity index (χ2n) is 2.32. The highest BCUT2D eigenvalue weighted by Gasteiger charge is 2.08. The Bertz CT molecular complexity index is 399. The molecule has 0 spiro atoms. The molecule has 0 N–H and O–H groups in total. The van der Waals surface area contributed by atoms with Gasteiger partial charge in [-0.2, -0.15) is 0 Å². The SMILES string of the molecule is Fc1ccc(Br)c2oc(I)cc12. The molecule has 1 heterocycles. The van der Waals surface area contributed by atoms with E-state index in [1.165, 1.54) is 6.07 Å². The smallest absolute Gasteiger partial charge is 0.165 e. The Hall–Kier alpha value is -0.100. The van der Waals surface area contributed by atoms with Gasteiger partial charge in [-0.15, -0.1) is 0 Å². The van der Waals surface area contributed by atoms with Gasteiger partial charge in [-0.05, 0) is 50.7 Å². The van der Waals surface area contributed by atoms with E-state index in [-0.39, 0.29) is 5.82 Å². The third-order valence-electron chi connectivity index (χ3n) is 1.55. The monoisotopic (exact) mass is 340 g/mol. The molecule has 1 nitrogen and oxygen atoms in total. The molecule has 4 heteroatoms. The van der Waals surface area contributed by atoms with Crippen LogP contribution in [0.25, 0.3) is 11.0 Å². The summed E-state index contributed by atoms with van der Waals surface area (Å²) in [6, 6.07) is 4.73. The molecule has 0 aliphatic carbocycles. The van der Waals surface area contributed by atoms with E-state index in [4.69, 9.17) is 4.42 Å². The van der Waals surface area contributed by atoms with Crippen LogP contribution in [0.5, 0.6) is 0 Å². The van der Waals surface area contributed by atoms with Crippen LogP contribution in [0.2, 0.25) is 0 Å². The molecule has 1 aromatic heterocycles. The quantitative estimate of drug-likeness (QED) is 0.662. The van der Waals surface area contributed by atoms with Crippen LogP contribution in [0.1, 0.15) is 0 Å². The summed E-state index contributed by atoms with van der Waals surface area (Å²) in [4.78, 5) is 0. The van der Waals surface area contributed by atoms with E-state index in [9.17, 15) is 4.39 Å². The molecule has 0 amide bonds. The lowest BCUT2D eigenvalue weighted by atomic mass is 10.2. The Balaban J connectivity index is 2.93. The van der Waals surface area contributed by atoms with E-state index in [1.807, 2.05) is 22.6 Å². The van der Waals surface area contributed by atoms with E-state index in [1.54, 1.807) is 12.1 Å². The van der Waals surface area contributed by atoms with Gasteiger partial charge in [0.25, 0.3) is 0 Å². The van der Waals surface area contributed by atoms with Gasteiger partial charge in [-0.1, -0.05) is 0 Å². The first kappa shape index (κ1) is 8.50. The molecular weight excluding hydrogens is 338 g/mol. The Kier molecular flexibility index (Phi) is 2.12. The minimum absolute atomic E-state index is 0.250. The second-order valence-corrected chi connectivity index (χ2v) is 4.24. The van der Waals surface area contributed by atoms with Crippen molar-refractivity contribution in [2.45, 2.75) is 0 Å². The van der Waals surface area contributed by atoms with Crippen molar-refractivity contribution in [3.8, 4) is 0 Å². The lowest BCUT2D eigenvalue weighted by Crippen LogP contribution is -1.74. The number of fused-ring (bicyclic) bond motifs is 1. The van der Waals surface area contributed by atoms with Crippen molar-refractivity contribution in [1.82, 2.24) is 0 Å². The maximum Gasteiger partial charge on any atom is 0.165 e. The fourth-order valence-electron chi connectivity index (χ4n) is 1.03. The van der Waals surface area contributed by atoms with Crippen LogP contribution < -0.4 is 0 Å². The molecule has 62 valence electrons. The highest BCUT2D eigenvalue weighted by molar-refractivity contribution is 14.1. The summed E-state index contributed by atoms with van der Waals surface area (Å²) in [6.45, 7) is 0. The minimum Gasteiger partial charge on any atom is -0.449 e. The summed E-state index contributed by atoms with van der Waals surface area (Å²) in [5, 5.41) is 0.522. The summed E-state index contributed by atoms with van der Waals surface area (Å²) in [6.07, 6.45) is 0. The number of rotatable bonds is 0. The summed E-state index contributed by atoms with van der Waals surface area (Å²) in [5.41, 5.74) is 0.569. The highest BCUT2D eigenvalue weighted by Crippen LogP contribution is 2.29. The van der Waals surface area contributed by atoms with Gasteiger partial charge in [0.05, 0.1) is 9.86 Å². The average Bonchev–Trinajstić information content (AvgIpc) is 2.41. The molecule has 0 fully saturated rings. The van der Waals surface area contributed by atoms with E-state index in [0.717, 1.165) is 4.47 Å². The van der Waals surface area contributed by atoms with E-state index in [0.29, 0.717) is 14.7 Å². The first-order chi connectivity index (χ1) is 5.68. The number of halogens is 3. The Morgan fingerprint density at radius 1 is 1.42 bits per heavy atom. The van der Waals surface area contributed by atoms with Crippen LogP contribution in [0.3, 0.4) is 0 Å². The Labute approximate surface area is 90.2 Å². The Morgan fingerprint density at radius 3 is 2.83 bits per heavy atom. The van der Waals surface area contributed by atoms with Crippen molar-refractivity contribution in [1.29, 1.82) is 0 Å². The van der Waals surface area contributed by atoms with E-state index >= 15 is 0 Å². The molecule has 12 heavy (non-hydrogen) atoms. The third kappa shape index (κ3) is 1.26. The van der Waals surface area contributed by atoms with Gasteiger partial charge < -0.3 is 4.42 Å². The molecule has 0 aliphatic heterocycles. The molecule has 1 aromatic carbocycles. The van der Waals surface area contributed by atoms with Crippen molar-refractivity contribution < 1.29 is 8.81 Å². The van der Waals surface area contributed by atoms with Gasteiger partial charge in [-0.3, -0.25) is 0 Å². The minimum atomic E-state index is -0.250. The summed E-state index contributed by atoms with van der Waals surface area (Å²) in [7, 11) is 0. The van der Waals surface area contributed by atoms with Gasteiger partial charge in [0.2, 0.25) is 0 Å². The van der Waals surface area contributed by atoms with E-state index in [2.05, 4.69) is 15.9 Å². The molecule has 0 atom stereocenters. The van der Waals surface area contributed by atoms with Crippen molar-refractivity contribution in [3.63, 3.8) is 0 Å². The summed E-state index contributed by atoms with van der Waals surface area (Å²) >= 11 is 5.29. The number of hydrogen-bond acceptors (Lipinski definition) is 1. The van der Waals surface area contributed by atoms with Gasteiger partial charge in [0, 0.05) is 6.07 Å². The maximum absolute atomic E-state index is 13.1. The van der Waals surface area contributed by atoms with Gasteiger partial charge in [0.1, 0.15) is 5.82 Å². The predicted molar refractivity (Wildman–Crippen MR) is 56.6 cm³/mol. The van der Waals surface area contributed by atoms with Crippen LogP contribution in [-0.2, 0) is 0 Å². The molecule has 2 rings (SSSR count). The fourth-order valence-corrected chi connectivity index (χ4v) is 1.99.